The maximum absolute atomic E-state index is 13.1. The number of carboxylic acids is 1. The van der Waals surface area contributed by atoms with Gasteiger partial charge in [-0.15, -0.1) is 0 Å². The molecule has 35 heavy (non-hydrogen) atoms. The van der Waals surface area contributed by atoms with Gasteiger partial charge in [0.1, 0.15) is 5.69 Å². The van der Waals surface area contributed by atoms with E-state index in [2.05, 4.69) is 17.2 Å². The Kier molecular flexibility index (Phi) is 8.98. The highest BCUT2D eigenvalue weighted by atomic mass is 35.5. The maximum atomic E-state index is 13.1. The topological polar surface area (TPSA) is 99.6 Å². The van der Waals surface area contributed by atoms with Crippen molar-refractivity contribution in [1.29, 1.82) is 0 Å². The predicted octanol–water partition coefficient (Wildman–Crippen LogP) is 5.74. The molecule has 3 aromatic rings. The van der Waals surface area contributed by atoms with E-state index in [0.29, 0.717) is 11.6 Å². The molecule has 2 aromatic carbocycles. The van der Waals surface area contributed by atoms with Crippen LogP contribution in [0.1, 0.15) is 69.4 Å². The number of unbranched alkanes of at least 4 members (excludes halogenated alkanes) is 3. The molecule has 8 heteroatoms. The third-order valence-corrected chi connectivity index (χ3v) is 5.85. The Bertz CT molecular complexity index is 1190. The summed E-state index contributed by atoms with van der Waals surface area (Å²) >= 11 is 5.95. The highest BCUT2D eigenvalue weighted by molar-refractivity contribution is 6.30. The van der Waals surface area contributed by atoms with Crippen molar-refractivity contribution in [1.82, 2.24) is 10.3 Å². The lowest BCUT2D eigenvalue weighted by molar-refractivity contribution is 0.0697. The standard InChI is InChI=1S/C27H28ClN3O4/c1-3-4-5-6-13-29-26(33)19-14-18(15-20(16-19)27(34)35)25(32)24-12-11-23(17-30-24)31(2)22-9-7-21(28)8-10-22/h7-12,14-17H,3-6,13H2,1-2H3,(H,29,33)(H,34,35). The summed E-state index contributed by atoms with van der Waals surface area (Å²) in [5.74, 6) is -2.10. The molecule has 0 unspecified atom stereocenters. The first-order valence-corrected chi connectivity index (χ1v) is 11.8. The van der Waals surface area contributed by atoms with Gasteiger partial charge in [-0.3, -0.25) is 14.6 Å². The third kappa shape index (κ3) is 6.90. The molecule has 0 atom stereocenters. The summed E-state index contributed by atoms with van der Waals surface area (Å²) in [5, 5.41) is 12.9. The second-order valence-corrected chi connectivity index (χ2v) is 8.62. The number of carbonyl (C=O) groups is 3. The first kappa shape index (κ1) is 25.9. The van der Waals surface area contributed by atoms with Gasteiger partial charge >= 0.3 is 5.97 Å². The third-order valence-electron chi connectivity index (χ3n) is 5.60. The molecule has 7 nitrogen and oxygen atoms in total. The molecule has 0 aliphatic heterocycles. The second kappa shape index (κ2) is 12.1. The number of hydrogen-bond acceptors (Lipinski definition) is 5. The van der Waals surface area contributed by atoms with Crippen LogP contribution >= 0.6 is 11.6 Å². The summed E-state index contributed by atoms with van der Waals surface area (Å²) < 4.78 is 0. The fraction of sp³-hybridized carbons (Fsp3) is 0.259. The molecule has 1 aromatic heterocycles. The van der Waals surface area contributed by atoms with Crippen LogP contribution in [0, 0.1) is 0 Å². The molecule has 1 amide bonds. The van der Waals surface area contributed by atoms with Gasteiger partial charge < -0.3 is 15.3 Å². The number of nitrogens with one attached hydrogen (secondary N) is 1. The molecule has 0 spiro atoms. The van der Waals surface area contributed by atoms with Crippen molar-refractivity contribution in [3.05, 3.63) is 88.2 Å². The molecule has 0 fully saturated rings. The number of rotatable bonds is 11. The number of benzene rings is 2. The van der Waals surface area contributed by atoms with E-state index in [-0.39, 0.29) is 22.4 Å². The van der Waals surface area contributed by atoms with Gasteiger partial charge in [0.2, 0.25) is 5.78 Å². The Morgan fingerprint density at radius 1 is 0.914 bits per heavy atom. The van der Waals surface area contributed by atoms with E-state index in [1.54, 1.807) is 30.5 Å². The van der Waals surface area contributed by atoms with E-state index in [1.165, 1.54) is 18.2 Å². The minimum atomic E-state index is -1.22. The van der Waals surface area contributed by atoms with E-state index in [9.17, 15) is 19.5 Å². The fourth-order valence-electron chi connectivity index (χ4n) is 3.55. The largest absolute Gasteiger partial charge is 0.478 e. The molecule has 0 aliphatic carbocycles. The molecule has 0 bridgehead atoms. The number of aromatic carboxylic acids is 1. The summed E-state index contributed by atoms with van der Waals surface area (Å²) in [6.07, 6.45) is 5.58. The molecular weight excluding hydrogens is 466 g/mol. The average Bonchev–Trinajstić information content (AvgIpc) is 2.87. The van der Waals surface area contributed by atoms with Gasteiger partial charge in [-0.1, -0.05) is 37.8 Å². The molecule has 0 saturated carbocycles. The van der Waals surface area contributed by atoms with Gasteiger partial charge in [-0.25, -0.2) is 4.79 Å². The smallest absolute Gasteiger partial charge is 0.335 e. The zero-order chi connectivity index (χ0) is 25.4. The lowest BCUT2D eigenvalue weighted by atomic mass is 10.00. The van der Waals surface area contributed by atoms with Crippen LogP contribution in [0.25, 0.3) is 0 Å². The molecule has 182 valence electrons. The van der Waals surface area contributed by atoms with Gasteiger partial charge in [-0.05, 0) is 61.0 Å². The summed E-state index contributed by atoms with van der Waals surface area (Å²) in [5.41, 5.74) is 1.88. The van der Waals surface area contributed by atoms with Crippen molar-refractivity contribution in [2.24, 2.45) is 0 Å². The normalized spacial score (nSPS) is 10.6. The van der Waals surface area contributed by atoms with E-state index < -0.39 is 17.7 Å². The number of amides is 1. The van der Waals surface area contributed by atoms with Crippen molar-refractivity contribution in [3.8, 4) is 0 Å². The molecule has 0 radical (unpaired) electrons. The molecule has 1 heterocycles. The van der Waals surface area contributed by atoms with Crippen molar-refractivity contribution >= 4 is 40.6 Å². The zero-order valence-electron chi connectivity index (χ0n) is 19.8. The Balaban J connectivity index is 1.79. The number of nitrogens with zero attached hydrogens (tertiary/aromatic N) is 2. The number of ketones is 1. The lowest BCUT2D eigenvalue weighted by Crippen LogP contribution is -2.25. The molecular formula is C27H28ClN3O4. The maximum Gasteiger partial charge on any atom is 0.335 e. The van der Waals surface area contributed by atoms with Crippen LogP contribution in [0.5, 0.6) is 0 Å². The van der Waals surface area contributed by atoms with Crippen LogP contribution in [0.4, 0.5) is 11.4 Å². The van der Waals surface area contributed by atoms with Crippen LogP contribution in [0.15, 0.2) is 60.8 Å². The number of pyridine rings is 1. The van der Waals surface area contributed by atoms with Gasteiger partial charge in [-0.2, -0.15) is 0 Å². The average molecular weight is 494 g/mol. The van der Waals surface area contributed by atoms with Crippen molar-refractivity contribution < 1.29 is 19.5 Å². The molecule has 0 saturated heterocycles. The van der Waals surface area contributed by atoms with Gasteiger partial charge in [0.25, 0.3) is 5.91 Å². The van der Waals surface area contributed by atoms with E-state index >= 15 is 0 Å². The van der Waals surface area contributed by atoms with Crippen LogP contribution in [0.3, 0.4) is 0 Å². The Labute approximate surface area is 209 Å². The summed E-state index contributed by atoms with van der Waals surface area (Å²) in [6, 6.07) is 14.6. The number of carboxylic acid groups (broad SMARTS) is 1. The number of aromatic nitrogens is 1. The monoisotopic (exact) mass is 493 g/mol. The van der Waals surface area contributed by atoms with Crippen molar-refractivity contribution in [2.45, 2.75) is 32.6 Å². The molecule has 3 rings (SSSR count). The first-order valence-electron chi connectivity index (χ1n) is 11.5. The number of hydrogen-bond donors (Lipinski definition) is 2. The molecule has 2 N–H and O–H groups in total. The number of halogens is 1. The highest BCUT2D eigenvalue weighted by Crippen LogP contribution is 2.25. The fourth-order valence-corrected chi connectivity index (χ4v) is 3.68. The summed E-state index contributed by atoms with van der Waals surface area (Å²) in [4.78, 5) is 43.5. The van der Waals surface area contributed by atoms with Gasteiger partial charge in [0.15, 0.2) is 0 Å². The Morgan fingerprint density at radius 3 is 2.20 bits per heavy atom. The van der Waals surface area contributed by atoms with Crippen LogP contribution < -0.4 is 10.2 Å². The van der Waals surface area contributed by atoms with Gasteiger partial charge in [0.05, 0.1) is 17.4 Å². The summed E-state index contributed by atoms with van der Waals surface area (Å²) in [6.45, 7) is 2.60. The number of anilines is 2. The SMILES string of the molecule is CCCCCCNC(=O)c1cc(C(=O)O)cc(C(=O)c2ccc(N(C)c3ccc(Cl)cc3)cn2)c1. The molecule has 0 aliphatic rings. The lowest BCUT2D eigenvalue weighted by Gasteiger charge is -2.19. The minimum Gasteiger partial charge on any atom is -0.478 e. The van der Waals surface area contributed by atoms with Crippen molar-refractivity contribution in [2.75, 3.05) is 18.5 Å². The highest BCUT2D eigenvalue weighted by Gasteiger charge is 2.18. The summed E-state index contributed by atoms with van der Waals surface area (Å²) in [7, 11) is 1.87. The first-order chi connectivity index (χ1) is 16.8. The van der Waals surface area contributed by atoms with E-state index in [0.717, 1.165) is 37.1 Å². The van der Waals surface area contributed by atoms with Crippen molar-refractivity contribution in [3.63, 3.8) is 0 Å². The van der Waals surface area contributed by atoms with Gasteiger partial charge in [0, 0.05) is 35.4 Å². The second-order valence-electron chi connectivity index (χ2n) is 8.19. The van der Waals surface area contributed by atoms with Crippen LogP contribution in [-0.2, 0) is 0 Å². The Morgan fingerprint density at radius 2 is 1.57 bits per heavy atom. The predicted molar refractivity (Wildman–Crippen MR) is 137 cm³/mol. The Hall–Kier alpha value is -3.71. The zero-order valence-corrected chi connectivity index (χ0v) is 20.5. The minimum absolute atomic E-state index is 0.0901. The van der Waals surface area contributed by atoms with Crippen LogP contribution in [0.2, 0.25) is 5.02 Å². The quantitative estimate of drug-likeness (QED) is 0.261. The van der Waals surface area contributed by atoms with E-state index in [1.807, 2.05) is 24.1 Å². The van der Waals surface area contributed by atoms with E-state index in [4.69, 9.17) is 11.6 Å². The van der Waals surface area contributed by atoms with Crippen LogP contribution in [-0.4, -0.2) is 41.3 Å². The number of carbonyl (C=O) groups excluding carboxylic acids is 2.